The SMILES string of the molecule is CCCCCCCC/C=C/CCCCCCCCCCCCCC(=O)OC[C@H](COP(=O)(O)O)OC(=O)CCCC/C=C/CCCCCCCCCCC. The van der Waals surface area contributed by atoms with Gasteiger partial charge in [0.15, 0.2) is 6.10 Å². The molecule has 0 fully saturated rings. The molecule has 0 aromatic carbocycles. The zero-order valence-electron chi connectivity index (χ0n) is 35.1. The fraction of sp³-hybridized carbons (Fsp3) is 0.867. The lowest BCUT2D eigenvalue weighted by Crippen LogP contribution is -2.29. The van der Waals surface area contributed by atoms with Crippen LogP contribution in [0.1, 0.15) is 232 Å². The Bertz CT molecular complexity index is 931. The van der Waals surface area contributed by atoms with Crippen LogP contribution in [0.2, 0.25) is 0 Å². The highest BCUT2D eigenvalue weighted by atomic mass is 31.2. The molecule has 0 rings (SSSR count). The molecule has 0 radical (unpaired) electrons. The smallest absolute Gasteiger partial charge is 0.462 e. The van der Waals surface area contributed by atoms with Gasteiger partial charge in [0.05, 0.1) is 6.61 Å². The third kappa shape index (κ3) is 43.3. The molecule has 0 aliphatic carbocycles. The molecule has 2 N–H and O–H groups in total. The Morgan fingerprint density at radius 2 is 0.778 bits per heavy atom. The predicted molar refractivity (Wildman–Crippen MR) is 225 cm³/mol. The van der Waals surface area contributed by atoms with Crippen LogP contribution in [0.5, 0.6) is 0 Å². The van der Waals surface area contributed by atoms with E-state index in [2.05, 4.69) is 42.7 Å². The second-order valence-electron chi connectivity index (χ2n) is 15.4. The van der Waals surface area contributed by atoms with E-state index in [4.69, 9.17) is 19.3 Å². The van der Waals surface area contributed by atoms with Crippen molar-refractivity contribution in [1.82, 2.24) is 0 Å². The summed E-state index contributed by atoms with van der Waals surface area (Å²) < 4.78 is 26.4. The third-order valence-electron chi connectivity index (χ3n) is 9.94. The molecule has 0 aliphatic rings. The molecule has 0 aliphatic heterocycles. The van der Waals surface area contributed by atoms with Gasteiger partial charge in [0.1, 0.15) is 6.61 Å². The average molecular weight is 785 g/mol. The van der Waals surface area contributed by atoms with Crippen molar-refractivity contribution >= 4 is 19.8 Å². The molecule has 8 nitrogen and oxygen atoms in total. The van der Waals surface area contributed by atoms with Crippen LogP contribution in [-0.2, 0) is 28.2 Å². The molecular weight excluding hydrogens is 699 g/mol. The first-order valence-corrected chi connectivity index (χ1v) is 24.2. The highest BCUT2D eigenvalue weighted by Gasteiger charge is 2.22. The van der Waals surface area contributed by atoms with Gasteiger partial charge in [0.25, 0.3) is 0 Å². The Balaban J connectivity index is 3.86. The number of carbonyl (C=O) groups excluding carboxylic acids is 2. The van der Waals surface area contributed by atoms with Crippen molar-refractivity contribution in [3.8, 4) is 0 Å². The second kappa shape index (κ2) is 41.2. The molecular formula is C45H85O8P. The maximum Gasteiger partial charge on any atom is 0.469 e. The zero-order chi connectivity index (χ0) is 39.6. The lowest BCUT2D eigenvalue weighted by Gasteiger charge is -2.18. The molecule has 1 atom stereocenters. The topological polar surface area (TPSA) is 119 Å². The number of unbranched alkanes of at least 4 members (excludes halogenated alkanes) is 28. The molecule has 0 bridgehead atoms. The Morgan fingerprint density at radius 3 is 1.17 bits per heavy atom. The minimum atomic E-state index is -4.76. The summed E-state index contributed by atoms with van der Waals surface area (Å²) >= 11 is 0. The number of esters is 2. The Kier molecular flexibility index (Phi) is 40.1. The van der Waals surface area contributed by atoms with E-state index in [1.54, 1.807) is 0 Å². The lowest BCUT2D eigenvalue weighted by molar-refractivity contribution is -0.161. The molecule has 0 spiro atoms. The van der Waals surface area contributed by atoms with Gasteiger partial charge in [-0.15, -0.1) is 0 Å². The minimum Gasteiger partial charge on any atom is -0.462 e. The van der Waals surface area contributed by atoms with Crippen molar-refractivity contribution < 1.29 is 37.9 Å². The molecule has 318 valence electrons. The summed E-state index contributed by atoms with van der Waals surface area (Å²) in [6.07, 6.45) is 47.6. The Hall–Kier alpha value is -1.47. The molecule has 0 aromatic rings. The number of ether oxygens (including phenoxy) is 2. The maximum absolute atomic E-state index is 12.4. The number of hydrogen-bond acceptors (Lipinski definition) is 6. The van der Waals surface area contributed by atoms with Crippen molar-refractivity contribution in [2.75, 3.05) is 13.2 Å². The van der Waals surface area contributed by atoms with Crippen LogP contribution >= 0.6 is 7.82 Å². The first-order chi connectivity index (χ1) is 26.3. The normalized spacial score (nSPS) is 12.6. The molecule has 54 heavy (non-hydrogen) atoms. The van der Waals surface area contributed by atoms with E-state index < -0.39 is 32.5 Å². The highest BCUT2D eigenvalue weighted by molar-refractivity contribution is 7.46. The van der Waals surface area contributed by atoms with Gasteiger partial charge in [-0.05, 0) is 64.2 Å². The maximum atomic E-state index is 12.4. The summed E-state index contributed by atoms with van der Waals surface area (Å²) in [5.74, 6) is -0.902. The number of phosphoric ester groups is 1. The van der Waals surface area contributed by atoms with Gasteiger partial charge < -0.3 is 19.3 Å². The van der Waals surface area contributed by atoms with Gasteiger partial charge in [-0.3, -0.25) is 14.1 Å². The number of hydrogen-bond donors (Lipinski definition) is 2. The average Bonchev–Trinajstić information content (AvgIpc) is 3.14. The van der Waals surface area contributed by atoms with E-state index in [1.165, 1.54) is 161 Å². The van der Waals surface area contributed by atoms with Crippen molar-refractivity contribution in [3.63, 3.8) is 0 Å². The number of allylic oxidation sites excluding steroid dienone is 4. The van der Waals surface area contributed by atoms with Crippen LogP contribution < -0.4 is 0 Å². The quantitative estimate of drug-likeness (QED) is 0.0272. The molecule has 0 unspecified atom stereocenters. The number of phosphoric acid groups is 1. The van der Waals surface area contributed by atoms with E-state index in [0.29, 0.717) is 6.42 Å². The molecule has 9 heteroatoms. The summed E-state index contributed by atoms with van der Waals surface area (Å²) in [7, 11) is -4.76. The van der Waals surface area contributed by atoms with Gasteiger partial charge in [-0.1, -0.05) is 179 Å². The predicted octanol–water partition coefficient (Wildman–Crippen LogP) is 14.0. The second-order valence-corrected chi connectivity index (χ2v) is 16.6. The van der Waals surface area contributed by atoms with Gasteiger partial charge >= 0.3 is 19.8 Å². The molecule has 0 saturated carbocycles. The summed E-state index contributed by atoms with van der Waals surface area (Å²) in [4.78, 5) is 42.9. The summed E-state index contributed by atoms with van der Waals surface area (Å²) in [5.41, 5.74) is 0. The molecule has 0 saturated heterocycles. The van der Waals surface area contributed by atoms with E-state index in [-0.39, 0.29) is 19.4 Å². The molecule has 0 heterocycles. The first-order valence-electron chi connectivity index (χ1n) is 22.6. The van der Waals surface area contributed by atoms with E-state index >= 15 is 0 Å². The van der Waals surface area contributed by atoms with E-state index in [0.717, 1.165) is 38.5 Å². The van der Waals surface area contributed by atoms with E-state index in [9.17, 15) is 14.2 Å². The Morgan fingerprint density at radius 1 is 0.463 bits per heavy atom. The van der Waals surface area contributed by atoms with Crippen molar-refractivity contribution in [2.24, 2.45) is 0 Å². The first kappa shape index (κ1) is 52.5. The van der Waals surface area contributed by atoms with Crippen LogP contribution in [0.3, 0.4) is 0 Å². The monoisotopic (exact) mass is 785 g/mol. The Labute approximate surface area is 332 Å². The summed E-state index contributed by atoms with van der Waals surface area (Å²) in [6.45, 7) is 3.69. The number of rotatable bonds is 42. The largest absolute Gasteiger partial charge is 0.469 e. The third-order valence-corrected chi connectivity index (χ3v) is 10.4. The fourth-order valence-electron chi connectivity index (χ4n) is 6.54. The van der Waals surface area contributed by atoms with Crippen molar-refractivity contribution in [3.05, 3.63) is 24.3 Å². The van der Waals surface area contributed by atoms with E-state index in [1.807, 2.05) is 0 Å². The van der Waals surface area contributed by atoms with Crippen LogP contribution in [0.4, 0.5) is 0 Å². The van der Waals surface area contributed by atoms with Gasteiger partial charge in [-0.25, -0.2) is 4.57 Å². The van der Waals surface area contributed by atoms with Crippen LogP contribution in [-0.4, -0.2) is 41.0 Å². The van der Waals surface area contributed by atoms with Crippen molar-refractivity contribution in [2.45, 2.75) is 238 Å². The molecule has 0 amide bonds. The van der Waals surface area contributed by atoms with Crippen LogP contribution in [0, 0.1) is 0 Å². The summed E-state index contributed by atoms with van der Waals surface area (Å²) in [5, 5.41) is 0. The van der Waals surface area contributed by atoms with Gasteiger partial charge in [0.2, 0.25) is 0 Å². The fourth-order valence-corrected chi connectivity index (χ4v) is 6.90. The molecule has 0 aromatic heterocycles. The van der Waals surface area contributed by atoms with Crippen molar-refractivity contribution in [1.29, 1.82) is 0 Å². The van der Waals surface area contributed by atoms with Crippen LogP contribution in [0.25, 0.3) is 0 Å². The van der Waals surface area contributed by atoms with Crippen LogP contribution in [0.15, 0.2) is 24.3 Å². The summed E-state index contributed by atoms with van der Waals surface area (Å²) in [6, 6.07) is 0. The highest BCUT2D eigenvalue weighted by Crippen LogP contribution is 2.36. The standard InChI is InChI=1S/C45H85O8P/c1-3-5-7-9-11-13-15-17-19-20-21-22-23-24-26-27-29-31-33-35-37-39-44(46)51-41-43(42-52-54(48,49)50)53-45(47)40-38-36-34-32-30-28-25-18-16-14-12-10-8-6-4-2/h17,19,30,32,43H,3-16,18,20-29,31,33-42H2,1-2H3,(H2,48,49,50)/b19-17+,32-30+/t43-/m1/s1. The van der Waals surface area contributed by atoms with Gasteiger partial charge in [0, 0.05) is 12.8 Å². The minimum absolute atomic E-state index is 0.184. The zero-order valence-corrected chi connectivity index (χ0v) is 36.0. The lowest BCUT2D eigenvalue weighted by atomic mass is 10.0. The van der Waals surface area contributed by atoms with Gasteiger partial charge in [-0.2, -0.15) is 0 Å². The number of carbonyl (C=O) groups is 2.